The van der Waals surface area contributed by atoms with Gasteiger partial charge in [0.1, 0.15) is 5.82 Å². The number of piperidine rings is 1. The van der Waals surface area contributed by atoms with Crippen LogP contribution in [0.1, 0.15) is 37.0 Å². The maximum Gasteiger partial charge on any atom is 0.335 e. The molecule has 1 fully saturated rings. The zero-order valence-electron chi connectivity index (χ0n) is 12.1. The quantitative estimate of drug-likeness (QED) is 0.880. The Morgan fingerprint density at radius 2 is 2.10 bits per heavy atom. The van der Waals surface area contributed by atoms with E-state index in [1.54, 1.807) is 4.90 Å². The molecule has 2 atom stereocenters. The highest BCUT2D eigenvalue weighted by molar-refractivity contribution is 5.92. The van der Waals surface area contributed by atoms with E-state index in [9.17, 15) is 14.0 Å². The van der Waals surface area contributed by atoms with E-state index in [4.69, 9.17) is 5.11 Å². The Morgan fingerprint density at radius 1 is 1.38 bits per heavy atom. The third kappa shape index (κ3) is 3.51. The van der Waals surface area contributed by atoms with E-state index < -0.39 is 11.8 Å². The Balaban J connectivity index is 2.07. The number of hydrogen-bond acceptors (Lipinski definition) is 2. The Labute approximate surface area is 122 Å². The number of hydrogen-bond donors (Lipinski definition) is 2. The van der Waals surface area contributed by atoms with Gasteiger partial charge in [-0.1, -0.05) is 6.92 Å². The second-order valence-corrected chi connectivity index (χ2v) is 5.60. The molecular weight excluding hydrogens is 275 g/mol. The number of nitrogens with one attached hydrogen (secondary N) is 1. The summed E-state index contributed by atoms with van der Waals surface area (Å²) in [4.78, 5) is 24.6. The van der Waals surface area contributed by atoms with Crippen molar-refractivity contribution in [3.8, 4) is 0 Å². The first-order valence-electron chi connectivity index (χ1n) is 6.99. The van der Waals surface area contributed by atoms with Gasteiger partial charge in [0.15, 0.2) is 0 Å². The molecule has 1 saturated heterocycles. The third-order valence-corrected chi connectivity index (χ3v) is 3.86. The Morgan fingerprint density at radius 3 is 2.67 bits per heavy atom. The van der Waals surface area contributed by atoms with Crippen molar-refractivity contribution in [3.63, 3.8) is 0 Å². The normalized spacial score (nSPS) is 22.0. The highest BCUT2D eigenvalue weighted by atomic mass is 19.1. The summed E-state index contributed by atoms with van der Waals surface area (Å²) < 4.78 is 13.8. The van der Waals surface area contributed by atoms with Crippen molar-refractivity contribution in [1.29, 1.82) is 0 Å². The number of likely N-dealkylation sites (tertiary alicyclic amines) is 1. The minimum atomic E-state index is -1.20. The molecule has 0 saturated carbocycles. The van der Waals surface area contributed by atoms with Crippen LogP contribution in [0.4, 0.5) is 14.9 Å². The number of halogens is 1. The molecule has 1 aromatic rings. The smallest absolute Gasteiger partial charge is 0.335 e. The zero-order valence-corrected chi connectivity index (χ0v) is 12.1. The van der Waals surface area contributed by atoms with Crippen molar-refractivity contribution >= 4 is 17.7 Å². The van der Waals surface area contributed by atoms with Gasteiger partial charge in [-0.15, -0.1) is 0 Å². The first-order valence-corrected chi connectivity index (χ1v) is 6.99. The van der Waals surface area contributed by atoms with E-state index in [0.717, 1.165) is 18.9 Å². The molecule has 0 bridgehead atoms. The van der Waals surface area contributed by atoms with E-state index >= 15 is 0 Å². The monoisotopic (exact) mass is 294 g/mol. The molecule has 0 radical (unpaired) electrons. The number of carbonyl (C=O) groups excluding carboxylic acids is 1. The molecule has 0 spiro atoms. The molecule has 114 valence electrons. The SMILES string of the molecule is CC1CCN(C(=O)Nc2ccc(C(=O)O)cc2F)C(C)C1. The lowest BCUT2D eigenvalue weighted by Gasteiger charge is -2.36. The van der Waals surface area contributed by atoms with E-state index in [-0.39, 0.29) is 23.3 Å². The van der Waals surface area contributed by atoms with Crippen molar-refractivity contribution in [3.05, 3.63) is 29.6 Å². The van der Waals surface area contributed by atoms with E-state index in [2.05, 4.69) is 12.2 Å². The predicted molar refractivity (Wildman–Crippen MR) is 76.9 cm³/mol. The molecule has 2 rings (SSSR count). The van der Waals surface area contributed by atoms with Gasteiger partial charge in [0.25, 0.3) is 0 Å². The van der Waals surface area contributed by atoms with Crippen LogP contribution in [-0.4, -0.2) is 34.6 Å². The van der Waals surface area contributed by atoms with Crippen LogP contribution in [-0.2, 0) is 0 Å². The molecule has 1 aliphatic rings. The third-order valence-electron chi connectivity index (χ3n) is 3.86. The average molecular weight is 294 g/mol. The summed E-state index contributed by atoms with van der Waals surface area (Å²) in [6.07, 6.45) is 1.85. The van der Waals surface area contributed by atoms with Gasteiger partial charge in [-0.3, -0.25) is 0 Å². The first-order chi connectivity index (χ1) is 9.88. The second kappa shape index (κ2) is 6.11. The zero-order chi connectivity index (χ0) is 15.6. The van der Waals surface area contributed by atoms with Crippen LogP contribution < -0.4 is 5.32 Å². The highest BCUT2D eigenvalue weighted by Gasteiger charge is 2.27. The Kier molecular flexibility index (Phi) is 4.45. The fraction of sp³-hybridized carbons (Fsp3) is 0.467. The lowest BCUT2D eigenvalue weighted by atomic mass is 9.94. The van der Waals surface area contributed by atoms with Crippen molar-refractivity contribution in [1.82, 2.24) is 4.90 Å². The van der Waals surface area contributed by atoms with Gasteiger partial charge in [-0.2, -0.15) is 0 Å². The van der Waals surface area contributed by atoms with Crippen LogP contribution in [0.3, 0.4) is 0 Å². The van der Waals surface area contributed by atoms with Crippen LogP contribution in [0, 0.1) is 11.7 Å². The largest absolute Gasteiger partial charge is 0.478 e. The van der Waals surface area contributed by atoms with Crippen molar-refractivity contribution in [2.75, 3.05) is 11.9 Å². The number of urea groups is 1. The molecular formula is C15H19FN2O3. The van der Waals surface area contributed by atoms with E-state index in [0.29, 0.717) is 12.5 Å². The number of nitrogens with zero attached hydrogens (tertiary/aromatic N) is 1. The maximum absolute atomic E-state index is 13.8. The molecule has 21 heavy (non-hydrogen) atoms. The lowest BCUT2D eigenvalue weighted by Crippen LogP contribution is -2.46. The summed E-state index contributed by atoms with van der Waals surface area (Å²) in [6, 6.07) is 3.20. The van der Waals surface area contributed by atoms with Gasteiger partial charge >= 0.3 is 12.0 Å². The predicted octanol–water partition coefficient (Wildman–Crippen LogP) is 3.18. The Hall–Kier alpha value is -2.11. The van der Waals surface area contributed by atoms with E-state index in [1.165, 1.54) is 12.1 Å². The van der Waals surface area contributed by atoms with Crippen LogP contribution in [0.25, 0.3) is 0 Å². The van der Waals surface area contributed by atoms with Crippen molar-refractivity contribution < 1.29 is 19.1 Å². The number of rotatable bonds is 2. The summed E-state index contributed by atoms with van der Waals surface area (Å²) >= 11 is 0. The number of aromatic carboxylic acids is 1. The van der Waals surface area contributed by atoms with Gasteiger partial charge in [0.05, 0.1) is 11.3 Å². The Bertz CT molecular complexity index is 562. The average Bonchev–Trinajstić information content (AvgIpc) is 2.40. The standard InChI is InChI=1S/C15H19FN2O3/c1-9-5-6-18(10(2)7-9)15(21)17-13-4-3-11(14(19)20)8-12(13)16/h3-4,8-10H,5-7H2,1-2H3,(H,17,21)(H,19,20). The van der Waals surface area contributed by atoms with Gasteiger partial charge in [0.2, 0.25) is 0 Å². The summed E-state index contributed by atoms with van der Waals surface area (Å²) in [5, 5.41) is 11.3. The molecule has 2 amide bonds. The number of benzene rings is 1. The number of carboxylic acid groups (broad SMARTS) is 1. The van der Waals surface area contributed by atoms with Crippen LogP contribution in [0.15, 0.2) is 18.2 Å². The molecule has 1 heterocycles. The van der Waals surface area contributed by atoms with Crippen LogP contribution >= 0.6 is 0 Å². The molecule has 5 nitrogen and oxygen atoms in total. The van der Waals surface area contributed by atoms with E-state index in [1.807, 2.05) is 6.92 Å². The van der Waals surface area contributed by atoms with Crippen LogP contribution in [0.2, 0.25) is 0 Å². The maximum atomic E-state index is 13.8. The minimum Gasteiger partial charge on any atom is -0.478 e. The highest BCUT2D eigenvalue weighted by Crippen LogP contribution is 2.23. The summed E-state index contributed by atoms with van der Waals surface area (Å²) in [7, 11) is 0. The molecule has 2 unspecified atom stereocenters. The summed E-state index contributed by atoms with van der Waals surface area (Å²) in [6.45, 7) is 4.76. The molecule has 1 aromatic carbocycles. The minimum absolute atomic E-state index is 0.00387. The van der Waals surface area contributed by atoms with Crippen LogP contribution in [0.5, 0.6) is 0 Å². The molecule has 2 N–H and O–H groups in total. The molecule has 1 aliphatic heterocycles. The van der Waals surface area contributed by atoms with Gasteiger partial charge in [0, 0.05) is 12.6 Å². The molecule has 0 aromatic heterocycles. The topological polar surface area (TPSA) is 69.6 Å². The van der Waals surface area contributed by atoms with Gasteiger partial charge in [-0.25, -0.2) is 14.0 Å². The fourth-order valence-electron chi connectivity index (χ4n) is 2.65. The van der Waals surface area contributed by atoms with Gasteiger partial charge in [-0.05, 0) is 43.9 Å². The summed E-state index contributed by atoms with van der Waals surface area (Å²) in [5.74, 6) is -1.37. The second-order valence-electron chi connectivity index (χ2n) is 5.60. The summed E-state index contributed by atoms with van der Waals surface area (Å²) in [5.41, 5.74) is -0.151. The molecule has 0 aliphatic carbocycles. The lowest BCUT2D eigenvalue weighted by molar-refractivity contribution is 0.0696. The number of amides is 2. The fourth-order valence-corrected chi connectivity index (χ4v) is 2.65. The first kappa shape index (κ1) is 15.3. The number of carboxylic acids is 1. The number of carbonyl (C=O) groups is 2. The number of anilines is 1. The van der Waals surface area contributed by atoms with Gasteiger partial charge < -0.3 is 15.3 Å². The van der Waals surface area contributed by atoms with Crippen molar-refractivity contribution in [2.45, 2.75) is 32.7 Å². The molecule has 6 heteroatoms. The van der Waals surface area contributed by atoms with Crippen molar-refractivity contribution in [2.24, 2.45) is 5.92 Å².